The van der Waals surface area contributed by atoms with Gasteiger partial charge in [-0.1, -0.05) is 20.4 Å². The smallest absolute Gasteiger partial charge is 0.204 e. The van der Waals surface area contributed by atoms with Crippen LogP contribution in [0.25, 0.3) is 16.7 Å². The van der Waals surface area contributed by atoms with Crippen LogP contribution in [0.15, 0.2) is 24.4 Å². The molecule has 2 heterocycles. The highest BCUT2D eigenvalue weighted by Crippen LogP contribution is 2.23. The number of unbranched alkanes of at least 4 members (excludes halogenated alkanes) is 1. The molecule has 0 saturated carbocycles. The number of benzene rings is 1. The molecule has 0 radical (unpaired) electrons. The van der Waals surface area contributed by atoms with Crippen LogP contribution in [0, 0.1) is 24.5 Å². The lowest BCUT2D eigenvalue weighted by Gasteiger charge is -2.12. The molecule has 0 aliphatic carbocycles. The van der Waals surface area contributed by atoms with E-state index in [9.17, 15) is 8.78 Å². The molecule has 0 spiro atoms. The summed E-state index contributed by atoms with van der Waals surface area (Å²) in [6.07, 6.45) is 2.86. The van der Waals surface area contributed by atoms with Gasteiger partial charge in [0.2, 0.25) is 5.65 Å². The highest BCUT2D eigenvalue weighted by Gasteiger charge is 2.15. The van der Waals surface area contributed by atoms with Crippen LogP contribution < -0.4 is 10.6 Å². The zero-order chi connectivity index (χ0) is 20.3. The van der Waals surface area contributed by atoms with Crippen molar-refractivity contribution in [1.29, 1.82) is 0 Å². The van der Waals surface area contributed by atoms with Gasteiger partial charge < -0.3 is 10.6 Å². The maximum absolute atomic E-state index is 13.7. The van der Waals surface area contributed by atoms with Gasteiger partial charge >= 0.3 is 0 Å². The highest BCUT2D eigenvalue weighted by atomic mass is 19.2. The van der Waals surface area contributed by atoms with E-state index in [-0.39, 0.29) is 2.85 Å². The van der Waals surface area contributed by atoms with E-state index in [1.165, 1.54) is 0 Å². The molecule has 0 aliphatic heterocycles. The second kappa shape index (κ2) is 8.50. The van der Waals surface area contributed by atoms with Crippen molar-refractivity contribution < 1.29 is 11.6 Å². The zero-order valence-corrected chi connectivity index (χ0v) is 16.5. The van der Waals surface area contributed by atoms with Crippen molar-refractivity contribution in [2.45, 2.75) is 40.0 Å². The Kier molecular flexibility index (Phi) is 6.06. The number of hydrogen-bond acceptors (Lipinski definition) is 5. The fourth-order valence-electron chi connectivity index (χ4n) is 3.17. The minimum Gasteiger partial charge on any atom is -0.389 e. The van der Waals surface area contributed by atoms with Crippen LogP contribution in [0.3, 0.4) is 0 Å². The quantitative estimate of drug-likeness (QED) is 0.517. The van der Waals surface area contributed by atoms with Crippen molar-refractivity contribution in [2.24, 2.45) is 5.92 Å². The van der Waals surface area contributed by atoms with Crippen LogP contribution in [0.1, 0.15) is 41.8 Å². The van der Waals surface area contributed by atoms with Crippen molar-refractivity contribution in [3.8, 4) is 0 Å². The molecule has 2 aromatic heterocycles. The van der Waals surface area contributed by atoms with E-state index in [1.54, 1.807) is 11.3 Å². The third kappa shape index (κ3) is 4.37. The van der Waals surface area contributed by atoms with Gasteiger partial charge in [0.05, 0.1) is 11.0 Å². The normalized spacial score (nSPS) is 11.5. The Balaban J connectivity index is 0.00000225. The first-order valence-electron chi connectivity index (χ1n) is 9.53. The van der Waals surface area contributed by atoms with Crippen molar-refractivity contribution in [2.75, 3.05) is 18.4 Å². The van der Waals surface area contributed by atoms with Gasteiger partial charge in [0, 0.05) is 33.8 Å². The van der Waals surface area contributed by atoms with Gasteiger partial charge in [-0.25, -0.2) is 13.8 Å². The molecule has 2 N–H and O–H groups in total. The summed E-state index contributed by atoms with van der Waals surface area (Å²) in [6.45, 7) is 11.7. The largest absolute Gasteiger partial charge is 0.389 e. The minimum atomic E-state index is -0.927. The molecule has 0 bridgehead atoms. The van der Waals surface area contributed by atoms with Crippen molar-refractivity contribution in [1.82, 2.24) is 24.9 Å². The molecule has 3 rings (SSSR count). The monoisotopic (exact) mass is 392 g/mol. The maximum atomic E-state index is 13.7. The number of aromatic nitrogens is 4. The van der Waals surface area contributed by atoms with Crippen LogP contribution in [0.4, 0.5) is 14.6 Å². The highest BCUT2D eigenvalue weighted by molar-refractivity contribution is 5.83. The maximum Gasteiger partial charge on any atom is 0.204 e. The molecule has 0 aliphatic rings. The van der Waals surface area contributed by atoms with E-state index < -0.39 is 11.6 Å². The van der Waals surface area contributed by atoms with E-state index in [2.05, 4.69) is 46.2 Å². The molecule has 0 atom stereocenters. The van der Waals surface area contributed by atoms with Gasteiger partial charge in [-0.3, -0.25) is 4.40 Å². The second-order valence-corrected chi connectivity index (χ2v) is 7.38. The van der Waals surface area contributed by atoms with Crippen LogP contribution in [-0.4, -0.2) is 32.7 Å². The average molecular weight is 392 g/mol. The van der Waals surface area contributed by atoms with Gasteiger partial charge in [-0.2, -0.15) is 0 Å². The van der Waals surface area contributed by atoms with Crippen molar-refractivity contribution >= 4 is 22.5 Å². The van der Waals surface area contributed by atoms with Crippen LogP contribution in [0.5, 0.6) is 0 Å². The fourth-order valence-corrected chi connectivity index (χ4v) is 3.17. The number of halogens is 2. The topological polar surface area (TPSA) is 67.1 Å². The lowest BCUT2D eigenvalue weighted by molar-refractivity contribution is 0.510. The van der Waals surface area contributed by atoms with E-state index in [1.807, 2.05) is 0 Å². The molecule has 0 saturated heterocycles. The summed E-state index contributed by atoms with van der Waals surface area (Å²) in [6, 6.07) is 2.22. The third-order valence-electron chi connectivity index (χ3n) is 4.45. The Hall–Kier alpha value is -2.77. The number of nitrogens with zero attached hydrogens (tertiary/aromatic N) is 4. The molecule has 0 unspecified atom stereocenters. The molecule has 0 fully saturated rings. The number of aryl methyl sites for hydroxylation is 1. The van der Waals surface area contributed by atoms with Gasteiger partial charge in [0.25, 0.3) is 0 Å². The van der Waals surface area contributed by atoms with E-state index in [0.717, 1.165) is 43.6 Å². The lowest BCUT2D eigenvalue weighted by Crippen LogP contribution is -2.16. The van der Waals surface area contributed by atoms with Gasteiger partial charge in [0.15, 0.2) is 17.5 Å². The molecule has 28 heavy (non-hydrogen) atoms. The van der Waals surface area contributed by atoms with Crippen molar-refractivity contribution in [3.05, 3.63) is 41.9 Å². The molecule has 8 heteroatoms. The fraction of sp³-hybridized carbons (Fsp3) is 0.450. The van der Waals surface area contributed by atoms with Crippen LogP contribution >= 0.6 is 0 Å². The molecule has 1 aromatic carbocycles. The first-order chi connectivity index (χ1) is 13.4. The van der Waals surface area contributed by atoms with Crippen LogP contribution in [-0.2, 0) is 0 Å². The van der Waals surface area contributed by atoms with E-state index >= 15 is 0 Å². The Morgan fingerprint density at radius 2 is 1.89 bits per heavy atom. The summed E-state index contributed by atoms with van der Waals surface area (Å²) in [4.78, 5) is 4.43. The average Bonchev–Trinajstić information content (AvgIpc) is 3.01. The summed E-state index contributed by atoms with van der Waals surface area (Å²) in [5.74, 6) is -0.159. The first kappa shape index (κ1) is 20.0. The van der Waals surface area contributed by atoms with E-state index in [4.69, 9.17) is 0 Å². The summed E-state index contributed by atoms with van der Waals surface area (Å²) in [5, 5.41) is 14.8. The molecule has 6 nitrogen and oxygen atoms in total. The molecule has 3 aromatic rings. The Bertz CT molecular complexity index is 1010. The number of fused-ring (bicyclic) bond motifs is 3. The van der Waals surface area contributed by atoms with Gasteiger partial charge in [-0.05, 0) is 32.1 Å². The lowest BCUT2D eigenvalue weighted by atomic mass is 10.1. The Morgan fingerprint density at radius 3 is 2.64 bits per heavy atom. The predicted octanol–water partition coefficient (Wildman–Crippen LogP) is 4.70. The second-order valence-electron chi connectivity index (χ2n) is 7.38. The molecular formula is C20H30F2N6. The summed E-state index contributed by atoms with van der Waals surface area (Å²) in [7, 11) is 0. The molecule has 154 valence electrons. The molecular weight excluding hydrogens is 362 g/mol. The summed E-state index contributed by atoms with van der Waals surface area (Å²) >= 11 is 0. The van der Waals surface area contributed by atoms with Crippen molar-refractivity contribution in [3.63, 3.8) is 0 Å². The van der Waals surface area contributed by atoms with Gasteiger partial charge in [-0.15, -0.1) is 10.2 Å². The predicted molar refractivity (Wildman–Crippen MR) is 111 cm³/mol. The van der Waals surface area contributed by atoms with Crippen LogP contribution in [0.2, 0.25) is 0 Å². The standard InChI is InChI=1S/C20H26F2N6.2H2/c1-12(2)9-13(3)23-7-5-6-8-24-19-20-27-26-14(4)28(20)18-11-16(22)15(21)10-17(18)25-19;;/h10-12,23H,3,5-9H2,1-2,4H3,(H,24,25);2*1H. The number of anilines is 1. The van der Waals surface area contributed by atoms with Gasteiger partial charge in [0.1, 0.15) is 5.82 Å². The Morgan fingerprint density at radius 1 is 1.18 bits per heavy atom. The summed E-state index contributed by atoms with van der Waals surface area (Å²) < 4.78 is 29.0. The zero-order valence-electron chi connectivity index (χ0n) is 16.5. The Labute approximate surface area is 166 Å². The van der Waals surface area contributed by atoms with E-state index in [0.29, 0.717) is 40.8 Å². The number of nitrogens with one attached hydrogen (secondary N) is 2. The first-order valence-corrected chi connectivity index (χ1v) is 9.53. The molecule has 0 amide bonds. The number of allylic oxidation sites excluding steroid dienone is 1. The summed E-state index contributed by atoms with van der Waals surface area (Å²) in [5.41, 5.74) is 2.35. The number of rotatable bonds is 9. The number of hydrogen-bond donors (Lipinski definition) is 2. The SMILES string of the molecule is C=C(CC(C)C)NCCCCNc1nc2cc(F)c(F)cc2n2c(C)nnc12.[HH].[HH]. The minimum absolute atomic E-state index is 0. The third-order valence-corrected chi connectivity index (χ3v) is 4.45.